The third-order valence-corrected chi connectivity index (χ3v) is 8.24. The molecule has 4 aromatic rings. The van der Waals surface area contributed by atoms with Crippen molar-refractivity contribution in [1.29, 1.82) is 0 Å². The van der Waals surface area contributed by atoms with E-state index in [4.69, 9.17) is 0 Å². The Hall–Kier alpha value is -2.29. The molecule has 1 fully saturated rings. The van der Waals surface area contributed by atoms with E-state index in [9.17, 15) is 0 Å². The normalized spacial score (nSPS) is 20.6. The summed E-state index contributed by atoms with van der Waals surface area (Å²) < 4.78 is -0.174. The number of hydrogen-bond donors (Lipinski definition) is 0. The fraction of sp³-hybridized carbons (Fsp3) is 0.0833. The molecule has 2 heteroatoms. The lowest BCUT2D eigenvalue weighted by molar-refractivity contribution is 0.701. The van der Waals surface area contributed by atoms with E-state index in [0.717, 1.165) is 0 Å². The van der Waals surface area contributed by atoms with Crippen LogP contribution in [0.15, 0.2) is 109 Å². The van der Waals surface area contributed by atoms with Crippen molar-refractivity contribution in [2.45, 2.75) is 9.49 Å². The largest absolute Gasteiger partial charge is 0.147 e. The molecule has 1 aliphatic heterocycles. The van der Waals surface area contributed by atoms with E-state index in [1.54, 1.807) is 0 Å². The van der Waals surface area contributed by atoms with Gasteiger partial charge in [-0.1, -0.05) is 97.1 Å². The zero-order valence-electron chi connectivity index (χ0n) is 14.2. The number of thioether (sulfide) groups is 1. The highest BCUT2D eigenvalue weighted by Gasteiger charge is 2.72. The summed E-state index contributed by atoms with van der Waals surface area (Å²) in [5, 5.41) is 2.19. The van der Waals surface area contributed by atoms with Crippen LogP contribution in [0.4, 0.5) is 0 Å². The van der Waals surface area contributed by atoms with Crippen LogP contribution in [0.3, 0.4) is 0 Å². The van der Waals surface area contributed by atoms with E-state index in [1.165, 1.54) is 21.6 Å². The predicted molar refractivity (Wildman–Crippen MR) is 113 cm³/mol. The highest BCUT2D eigenvalue weighted by atomic mass is 32.2. The van der Waals surface area contributed by atoms with Crippen LogP contribution in [0.2, 0.25) is 0 Å². The molecule has 0 saturated carbocycles. The summed E-state index contributed by atoms with van der Waals surface area (Å²) in [7, 11) is 0. The Morgan fingerprint density at radius 1 is 0.462 bits per heavy atom. The van der Waals surface area contributed by atoms with Crippen LogP contribution in [0.25, 0.3) is 0 Å². The fourth-order valence-corrected chi connectivity index (χ4v) is 7.05. The van der Waals surface area contributed by atoms with Crippen molar-refractivity contribution < 1.29 is 0 Å². The maximum absolute atomic E-state index is 2.29. The topological polar surface area (TPSA) is 0 Å². The zero-order valence-corrected chi connectivity index (χ0v) is 15.8. The Morgan fingerprint density at radius 3 is 1.35 bits per heavy atom. The minimum atomic E-state index is -0.0955. The first-order valence-corrected chi connectivity index (χ1v) is 10.5. The molecule has 2 heterocycles. The first-order chi connectivity index (χ1) is 12.9. The van der Waals surface area contributed by atoms with E-state index < -0.39 is 0 Å². The maximum atomic E-state index is 2.29. The van der Waals surface area contributed by atoms with Gasteiger partial charge in [0.2, 0.25) is 0 Å². The molecular formula is C24H18S2. The van der Waals surface area contributed by atoms with Crippen LogP contribution < -0.4 is 0 Å². The van der Waals surface area contributed by atoms with Crippen LogP contribution >= 0.6 is 23.1 Å². The molecule has 5 rings (SSSR count). The molecule has 1 saturated heterocycles. The van der Waals surface area contributed by atoms with Gasteiger partial charge in [0.25, 0.3) is 0 Å². The molecule has 26 heavy (non-hydrogen) atoms. The summed E-state index contributed by atoms with van der Waals surface area (Å²) in [5.74, 6) is 0. The molecule has 0 nitrogen and oxygen atoms in total. The van der Waals surface area contributed by atoms with Gasteiger partial charge in [-0.3, -0.25) is 0 Å². The third-order valence-electron chi connectivity index (χ3n) is 5.17. The zero-order chi connectivity index (χ0) is 17.5. The summed E-state index contributed by atoms with van der Waals surface area (Å²) in [6, 6.07) is 37.4. The Balaban J connectivity index is 1.81. The minimum Gasteiger partial charge on any atom is -0.147 e. The highest BCUT2D eigenvalue weighted by molar-refractivity contribution is 8.09. The first-order valence-electron chi connectivity index (χ1n) is 8.79. The Kier molecular flexibility index (Phi) is 3.77. The molecule has 0 N–H and O–H groups in total. The Bertz CT molecular complexity index is 953. The fourth-order valence-electron chi connectivity index (χ4n) is 4.02. The quantitative estimate of drug-likeness (QED) is 0.361. The second-order valence-electron chi connectivity index (χ2n) is 6.54. The second-order valence-corrected chi connectivity index (χ2v) is 8.92. The van der Waals surface area contributed by atoms with E-state index in [1.807, 2.05) is 11.3 Å². The third kappa shape index (κ3) is 2.16. The van der Waals surface area contributed by atoms with Crippen LogP contribution in [-0.4, -0.2) is 0 Å². The van der Waals surface area contributed by atoms with Crippen LogP contribution in [0.5, 0.6) is 0 Å². The van der Waals surface area contributed by atoms with Gasteiger partial charge in [0, 0.05) is 4.88 Å². The molecule has 1 aromatic heterocycles. The summed E-state index contributed by atoms with van der Waals surface area (Å²) in [6.07, 6.45) is 0. The van der Waals surface area contributed by atoms with Gasteiger partial charge in [-0.05, 0) is 28.1 Å². The van der Waals surface area contributed by atoms with E-state index in [-0.39, 0.29) is 9.49 Å². The van der Waals surface area contributed by atoms with Gasteiger partial charge in [0.05, 0.1) is 9.49 Å². The van der Waals surface area contributed by atoms with Gasteiger partial charge in [-0.25, -0.2) is 0 Å². The van der Waals surface area contributed by atoms with E-state index in [2.05, 4.69) is 120 Å². The van der Waals surface area contributed by atoms with Crippen molar-refractivity contribution in [2.24, 2.45) is 0 Å². The predicted octanol–water partition coefficient (Wildman–Crippen LogP) is 6.68. The molecule has 0 amide bonds. The summed E-state index contributed by atoms with van der Waals surface area (Å²) in [4.78, 5) is 1.42. The summed E-state index contributed by atoms with van der Waals surface area (Å²) >= 11 is 3.92. The smallest absolute Gasteiger partial charge is 0.0991 e. The summed E-state index contributed by atoms with van der Waals surface area (Å²) in [6.45, 7) is 0. The number of thiophene rings is 1. The SMILES string of the molecule is c1ccc(C2(c3ccccc3)SC2(c2ccccc2)c2cccs2)cc1. The van der Waals surface area contributed by atoms with E-state index in [0.29, 0.717) is 0 Å². The van der Waals surface area contributed by atoms with Crippen molar-refractivity contribution >= 4 is 23.1 Å². The molecule has 0 aliphatic carbocycles. The van der Waals surface area contributed by atoms with Crippen molar-refractivity contribution in [3.05, 3.63) is 130 Å². The number of rotatable bonds is 4. The van der Waals surface area contributed by atoms with Crippen LogP contribution in [-0.2, 0) is 9.49 Å². The van der Waals surface area contributed by atoms with Crippen LogP contribution in [0, 0.1) is 0 Å². The maximum Gasteiger partial charge on any atom is 0.0991 e. The molecule has 0 radical (unpaired) electrons. The van der Waals surface area contributed by atoms with Gasteiger partial charge < -0.3 is 0 Å². The molecule has 0 spiro atoms. The molecule has 1 unspecified atom stereocenters. The lowest BCUT2D eigenvalue weighted by Gasteiger charge is -2.24. The molecule has 1 aliphatic rings. The van der Waals surface area contributed by atoms with Gasteiger partial charge in [-0.15, -0.1) is 23.1 Å². The second kappa shape index (κ2) is 6.15. The van der Waals surface area contributed by atoms with Gasteiger partial charge in [0.15, 0.2) is 0 Å². The molecular weight excluding hydrogens is 352 g/mol. The first kappa shape index (κ1) is 15.9. The standard InChI is InChI=1S/C24H18S2/c1-4-11-19(12-5-1)23(20-13-6-2-7-14-20)24(26-23,22-17-10-18-25-22)21-15-8-3-9-16-21/h1-18H. The molecule has 126 valence electrons. The Labute approximate surface area is 162 Å². The van der Waals surface area contributed by atoms with E-state index >= 15 is 0 Å². The average Bonchev–Trinajstić information content (AvgIpc) is 3.14. The molecule has 1 atom stereocenters. The average molecular weight is 371 g/mol. The van der Waals surface area contributed by atoms with Gasteiger partial charge >= 0.3 is 0 Å². The lowest BCUT2D eigenvalue weighted by atomic mass is 9.76. The number of benzene rings is 3. The van der Waals surface area contributed by atoms with Crippen molar-refractivity contribution in [3.8, 4) is 0 Å². The lowest BCUT2D eigenvalue weighted by Crippen LogP contribution is -2.24. The minimum absolute atomic E-state index is 0.0782. The van der Waals surface area contributed by atoms with Crippen molar-refractivity contribution in [3.63, 3.8) is 0 Å². The Morgan fingerprint density at radius 2 is 0.923 bits per heavy atom. The van der Waals surface area contributed by atoms with Crippen molar-refractivity contribution in [2.75, 3.05) is 0 Å². The van der Waals surface area contributed by atoms with Crippen molar-refractivity contribution in [1.82, 2.24) is 0 Å². The molecule has 3 aromatic carbocycles. The summed E-state index contributed by atoms with van der Waals surface area (Å²) in [5.41, 5.74) is 4.11. The highest BCUT2D eigenvalue weighted by Crippen LogP contribution is 2.81. The van der Waals surface area contributed by atoms with Crippen LogP contribution in [0.1, 0.15) is 21.6 Å². The number of hydrogen-bond acceptors (Lipinski definition) is 2. The van der Waals surface area contributed by atoms with Gasteiger partial charge in [0.1, 0.15) is 0 Å². The van der Waals surface area contributed by atoms with Gasteiger partial charge in [-0.2, -0.15) is 0 Å². The molecule has 0 bridgehead atoms. The monoisotopic (exact) mass is 370 g/mol.